The highest BCUT2D eigenvalue weighted by Gasteiger charge is 2.11. The lowest BCUT2D eigenvalue weighted by molar-refractivity contribution is 0.102. The third kappa shape index (κ3) is 4.54. The van der Waals surface area contributed by atoms with Crippen LogP contribution in [0.25, 0.3) is 0 Å². The quantitative estimate of drug-likeness (QED) is 0.664. The summed E-state index contributed by atoms with van der Waals surface area (Å²) >= 11 is 6.07. The maximum atomic E-state index is 12.4. The summed E-state index contributed by atoms with van der Waals surface area (Å²) in [6, 6.07) is 16.4. The first-order chi connectivity index (χ1) is 13.1. The van der Waals surface area contributed by atoms with Gasteiger partial charge in [-0.1, -0.05) is 35.9 Å². The zero-order valence-electron chi connectivity index (χ0n) is 15.0. The van der Waals surface area contributed by atoms with Crippen LogP contribution in [0.4, 0.5) is 11.5 Å². The molecular formula is C20H19ClN4O2. The van der Waals surface area contributed by atoms with Crippen LogP contribution in [0, 0.1) is 6.92 Å². The Kier molecular flexibility index (Phi) is 5.88. The Bertz CT molecular complexity index is 945. The molecule has 3 aromatic rings. The first-order valence-electron chi connectivity index (χ1n) is 8.34. The first kappa shape index (κ1) is 18.7. The number of hydrogen-bond acceptors (Lipinski definition) is 5. The Morgan fingerprint density at radius 2 is 1.89 bits per heavy atom. The molecule has 138 valence electrons. The normalized spacial score (nSPS) is 10.3. The topological polar surface area (TPSA) is 76.1 Å². The molecule has 1 heterocycles. The molecule has 1 amide bonds. The summed E-state index contributed by atoms with van der Waals surface area (Å²) in [5, 5.41) is 14.6. The van der Waals surface area contributed by atoms with E-state index < -0.39 is 0 Å². The van der Waals surface area contributed by atoms with Gasteiger partial charge in [-0.05, 0) is 42.8 Å². The Hall–Kier alpha value is -3.12. The Balaban J connectivity index is 1.64. The third-order valence-electron chi connectivity index (χ3n) is 4.07. The molecule has 0 radical (unpaired) electrons. The molecule has 0 fully saturated rings. The van der Waals surface area contributed by atoms with Gasteiger partial charge in [0.25, 0.3) is 5.91 Å². The Morgan fingerprint density at radius 3 is 2.63 bits per heavy atom. The molecule has 1 aromatic heterocycles. The molecule has 2 aromatic carbocycles. The van der Waals surface area contributed by atoms with Gasteiger partial charge in [-0.3, -0.25) is 4.79 Å². The Morgan fingerprint density at radius 1 is 1.07 bits per heavy atom. The van der Waals surface area contributed by atoms with Gasteiger partial charge in [-0.15, -0.1) is 10.2 Å². The van der Waals surface area contributed by atoms with E-state index >= 15 is 0 Å². The second-order valence-corrected chi connectivity index (χ2v) is 6.24. The van der Waals surface area contributed by atoms with Gasteiger partial charge in [0.1, 0.15) is 11.6 Å². The fraction of sp³-hybridized carbons (Fsp3) is 0.150. The molecule has 0 unspecified atom stereocenters. The van der Waals surface area contributed by atoms with Gasteiger partial charge < -0.3 is 15.4 Å². The van der Waals surface area contributed by atoms with Crippen LogP contribution in [0.3, 0.4) is 0 Å². The number of carbonyl (C=O) groups is 1. The Labute approximate surface area is 162 Å². The summed E-state index contributed by atoms with van der Waals surface area (Å²) < 4.78 is 5.32. The van der Waals surface area contributed by atoms with E-state index in [2.05, 4.69) is 20.8 Å². The van der Waals surface area contributed by atoms with E-state index in [9.17, 15) is 4.79 Å². The summed E-state index contributed by atoms with van der Waals surface area (Å²) in [6.07, 6.45) is 0. The van der Waals surface area contributed by atoms with Crippen molar-refractivity contribution in [2.45, 2.75) is 13.5 Å². The van der Waals surface area contributed by atoms with Crippen molar-refractivity contribution >= 4 is 29.0 Å². The minimum atomic E-state index is -0.343. The number of hydrogen-bond donors (Lipinski definition) is 2. The van der Waals surface area contributed by atoms with E-state index in [0.29, 0.717) is 23.1 Å². The zero-order chi connectivity index (χ0) is 19.2. The van der Waals surface area contributed by atoms with Gasteiger partial charge in [0.15, 0.2) is 5.69 Å². The molecule has 7 heteroatoms. The highest BCUT2D eigenvalue weighted by molar-refractivity contribution is 6.31. The standard InChI is InChI=1S/C20H19ClN4O2/c1-13-15(21)7-5-8-16(13)23-20(26)17-10-11-19(25-24-17)22-12-14-6-3-4-9-18(14)27-2/h3-11H,12H2,1-2H3,(H,22,25)(H,23,26). The monoisotopic (exact) mass is 382 g/mol. The number of nitrogens with zero attached hydrogens (tertiary/aromatic N) is 2. The van der Waals surface area contributed by atoms with Crippen molar-refractivity contribution in [3.8, 4) is 5.75 Å². The van der Waals surface area contributed by atoms with Crippen LogP contribution >= 0.6 is 11.6 Å². The molecule has 0 spiro atoms. The van der Waals surface area contributed by atoms with E-state index in [4.69, 9.17) is 16.3 Å². The molecule has 2 N–H and O–H groups in total. The van der Waals surface area contributed by atoms with E-state index in [0.717, 1.165) is 16.9 Å². The zero-order valence-corrected chi connectivity index (χ0v) is 15.7. The van der Waals surface area contributed by atoms with Crippen molar-refractivity contribution in [2.24, 2.45) is 0 Å². The molecule has 0 saturated heterocycles. The van der Waals surface area contributed by atoms with Gasteiger partial charge in [0, 0.05) is 22.8 Å². The molecule has 0 aliphatic rings. The number of anilines is 2. The van der Waals surface area contributed by atoms with Crippen LogP contribution in [0.1, 0.15) is 21.6 Å². The maximum Gasteiger partial charge on any atom is 0.276 e. The van der Waals surface area contributed by atoms with Gasteiger partial charge >= 0.3 is 0 Å². The number of carbonyl (C=O) groups excluding carboxylic acids is 1. The smallest absolute Gasteiger partial charge is 0.276 e. The van der Waals surface area contributed by atoms with Crippen LogP contribution < -0.4 is 15.4 Å². The van der Waals surface area contributed by atoms with Gasteiger partial charge in [-0.2, -0.15) is 0 Å². The summed E-state index contributed by atoms with van der Waals surface area (Å²) in [5.74, 6) is 1.02. The number of rotatable bonds is 6. The molecule has 0 saturated carbocycles. The number of nitrogens with one attached hydrogen (secondary N) is 2. The SMILES string of the molecule is COc1ccccc1CNc1ccc(C(=O)Nc2cccc(Cl)c2C)nn1. The van der Waals surface area contributed by atoms with Gasteiger partial charge in [0.2, 0.25) is 0 Å². The number of halogens is 1. The maximum absolute atomic E-state index is 12.4. The van der Waals surface area contributed by atoms with Crippen molar-refractivity contribution in [1.82, 2.24) is 10.2 Å². The summed E-state index contributed by atoms with van der Waals surface area (Å²) in [6.45, 7) is 2.38. The van der Waals surface area contributed by atoms with Crippen molar-refractivity contribution in [3.63, 3.8) is 0 Å². The number of methoxy groups -OCH3 is 1. The van der Waals surface area contributed by atoms with Crippen molar-refractivity contribution < 1.29 is 9.53 Å². The first-order valence-corrected chi connectivity index (χ1v) is 8.72. The van der Waals surface area contributed by atoms with E-state index in [1.807, 2.05) is 31.2 Å². The lowest BCUT2D eigenvalue weighted by Crippen LogP contribution is -2.15. The summed E-state index contributed by atoms with van der Waals surface area (Å²) in [5.41, 5.74) is 2.67. The minimum Gasteiger partial charge on any atom is -0.496 e. The van der Waals surface area contributed by atoms with Gasteiger partial charge in [-0.25, -0.2) is 0 Å². The van der Waals surface area contributed by atoms with Crippen molar-refractivity contribution in [3.05, 3.63) is 76.4 Å². The van der Waals surface area contributed by atoms with E-state index in [1.54, 1.807) is 37.4 Å². The number of benzene rings is 2. The summed E-state index contributed by atoms with van der Waals surface area (Å²) in [4.78, 5) is 12.4. The highest BCUT2D eigenvalue weighted by Crippen LogP contribution is 2.23. The average Bonchev–Trinajstić information content (AvgIpc) is 2.70. The predicted molar refractivity (Wildman–Crippen MR) is 106 cm³/mol. The van der Waals surface area contributed by atoms with Crippen molar-refractivity contribution in [2.75, 3.05) is 17.7 Å². The minimum absolute atomic E-state index is 0.220. The van der Waals surface area contributed by atoms with Crippen LogP contribution in [0.15, 0.2) is 54.6 Å². The number of amides is 1. The van der Waals surface area contributed by atoms with Crippen LogP contribution in [0.5, 0.6) is 5.75 Å². The number of ether oxygens (including phenoxy) is 1. The second kappa shape index (κ2) is 8.51. The fourth-order valence-corrected chi connectivity index (χ4v) is 2.69. The second-order valence-electron chi connectivity index (χ2n) is 5.84. The molecule has 0 bridgehead atoms. The van der Waals surface area contributed by atoms with Crippen LogP contribution in [-0.4, -0.2) is 23.2 Å². The summed E-state index contributed by atoms with van der Waals surface area (Å²) in [7, 11) is 1.63. The molecule has 0 atom stereocenters. The fourth-order valence-electron chi connectivity index (χ4n) is 2.51. The van der Waals surface area contributed by atoms with Crippen LogP contribution in [0.2, 0.25) is 5.02 Å². The van der Waals surface area contributed by atoms with Crippen molar-refractivity contribution in [1.29, 1.82) is 0 Å². The predicted octanol–water partition coefficient (Wildman–Crippen LogP) is 4.31. The van der Waals surface area contributed by atoms with E-state index in [-0.39, 0.29) is 11.6 Å². The number of aromatic nitrogens is 2. The molecule has 27 heavy (non-hydrogen) atoms. The third-order valence-corrected chi connectivity index (χ3v) is 4.48. The lowest BCUT2D eigenvalue weighted by atomic mass is 10.2. The number of para-hydroxylation sites is 1. The lowest BCUT2D eigenvalue weighted by Gasteiger charge is -2.10. The highest BCUT2D eigenvalue weighted by atomic mass is 35.5. The average molecular weight is 383 g/mol. The molecule has 6 nitrogen and oxygen atoms in total. The largest absolute Gasteiger partial charge is 0.496 e. The molecular weight excluding hydrogens is 364 g/mol. The molecule has 3 rings (SSSR count). The molecule has 0 aliphatic carbocycles. The molecule has 0 aliphatic heterocycles. The van der Waals surface area contributed by atoms with Crippen LogP contribution in [-0.2, 0) is 6.54 Å². The van der Waals surface area contributed by atoms with E-state index in [1.165, 1.54) is 0 Å². The van der Waals surface area contributed by atoms with Gasteiger partial charge in [0.05, 0.1) is 7.11 Å².